The largest absolute Gasteiger partial charge is 0.461 e. The summed E-state index contributed by atoms with van der Waals surface area (Å²) in [6, 6.07) is 48.8. The predicted molar refractivity (Wildman–Crippen MR) is 202 cm³/mol. The normalized spacial score (nSPS) is 20.9. The van der Waals surface area contributed by atoms with E-state index >= 15 is 0 Å². The predicted octanol–water partition coefficient (Wildman–Crippen LogP) is 7.40. The molecule has 9 nitrogen and oxygen atoms in total. The molecule has 9 heteroatoms. The van der Waals surface area contributed by atoms with E-state index in [0.717, 1.165) is 34.9 Å². The zero-order valence-electron chi connectivity index (χ0n) is 30.4. The Morgan fingerprint density at radius 1 is 0.500 bits per heavy atom. The second kappa shape index (κ2) is 19.8. The van der Waals surface area contributed by atoms with Gasteiger partial charge < -0.3 is 33.2 Å². The molecule has 0 aliphatic heterocycles. The van der Waals surface area contributed by atoms with Crippen LogP contribution in [0, 0.1) is 0 Å². The van der Waals surface area contributed by atoms with E-state index < -0.39 is 42.0 Å². The van der Waals surface area contributed by atoms with Crippen LogP contribution < -0.4 is 0 Å². The van der Waals surface area contributed by atoms with Crippen LogP contribution in [-0.2, 0) is 75.8 Å². The van der Waals surface area contributed by atoms with Crippen molar-refractivity contribution in [2.24, 2.45) is 0 Å². The van der Waals surface area contributed by atoms with Gasteiger partial charge in [0.2, 0.25) is 0 Å². The average Bonchev–Trinajstić information content (AvgIpc) is 3.22. The number of carbonyl (C=O) groups is 2. The third-order valence-electron chi connectivity index (χ3n) is 9.31. The molecule has 0 spiro atoms. The first-order valence-corrected chi connectivity index (χ1v) is 18.1. The topological polar surface area (TPSA) is 98.8 Å². The van der Waals surface area contributed by atoms with E-state index in [1.807, 2.05) is 152 Å². The Balaban J connectivity index is 1.43. The lowest BCUT2D eigenvalue weighted by atomic mass is 9.76. The van der Waals surface area contributed by atoms with Crippen molar-refractivity contribution in [3.63, 3.8) is 0 Å². The van der Waals surface area contributed by atoms with Gasteiger partial charge in [0, 0.05) is 6.42 Å². The third kappa shape index (κ3) is 10.7. The number of rotatable bonds is 17. The van der Waals surface area contributed by atoms with Gasteiger partial charge in [-0.05, 0) is 27.8 Å². The molecule has 0 saturated heterocycles. The Morgan fingerprint density at radius 3 is 1.33 bits per heavy atom. The van der Waals surface area contributed by atoms with E-state index in [-0.39, 0.29) is 46.1 Å². The highest BCUT2D eigenvalue weighted by Gasteiger charge is 2.59. The van der Waals surface area contributed by atoms with Crippen molar-refractivity contribution >= 4 is 11.9 Å². The van der Waals surface area contributed by atoms with Gasteiger partial charge in [-0.3, -0.25) is 0 Å². The van der Waals surface area contributed by atoms with Crippen LogP contribution in [0.4, 0.5) is 0 Å². The molecule has 6 rings (SSSR count). The molecule has 1 aliphatic rings. The minimum atomic E-state index is -1.59. The van der Waals surface area contributed by atoms with Crippen LogP contribution in [-0.4, -0.2) is 55.7 Å². The summed E-state index contributed by atoms with van der Waals surface area (Å²) in [5.74, 6) is -2.33. The molecule has 0 amide bonds. The fraction of sp³-hybridized carbons (Fsp3) is 0.289. The highest BCUT2D eigenvalue weighted by molar-refractivity contribution is 6.29. The Labute approximate surface area is 316 Å². The first-order valence-electron chi connectivity index (χ1n) is 18.1. The minimum Gasteiger partial charge on any atom is -0.461 e. The maximum absolute atomic E-state index is 13.5. The summed E-state index contributed by atoms with van der Waals surface area (Å²) >= 11 is 0. The summed E-state index contributed by atoms with van der Waals surface area (Å²) < 4.78 is 44.7. The van der Waals surface area contributed by atoms with Gasteiger partial charge in [-0.15, -0.1) is 0 Å². The summed E-state index contributed by atoms with van der Waals surface area (Å²) in [4.78, 5) is 26.3. The summed E-state index contributed by atoms with van der Waals surface area (Å²) in [6.07, 6.45) is -3.24. The standard InChI is InChI=1S/C45H46O9/c1-48-43(46)44(47)54-45(33-49-28-34-17-7-2-8-18-34)27-39(50-29-35-19-9-3-10-20-35)40(51-30-36-21-11-4-12-22-36)41(52-31-37-23-13-5-14-24-37)42(45)53-32-38-25-15-6-16-26-38/h2-26,39-42H,27-33H2,1H3/t39-,40+,41-,42-,45+/m0/s1. The van der Waals surface area contributed by atoms with Gasteiger partial charge >= 0.3 is 11.9 Å². The maximum Gasteiger partial charge on any atom is 0.418 e. The lowest BCUT2D eigenvalue weighted by Crippen LogP contribution is -2.68. The molecule has 0 aromatic heterocycles. The van der Waals surface area contributed by atoms with E-state index in [1.165, 1.54) is 0 Å². The molecule has 280 valence electrons. The Morgan fingerprint density at radius 2 is 0.889 bits per heavy atom. The number of hydrogen-bond acceptors (Lipinski definition) is 9. The van der Waals surface area contributed by atoms with Crippen LogP contribution in [0.1, 0.15) is 34.2 Å². The van der Waals surface area contributed by atoms with Crippen molar-refractivity contribution in [3.05, 3.63) is 179 Å². The van der Waals surface area contributed by atoms with Gasteiger partial charge in [-0.25, -0.2) is 9.59 Å². The Bertz CT molecular complexity index is 1840. The zero-order chi connectivity index (χ0) is 37.4. The van der Waals surface area contributed by atoms with E-state index in [2.05, 4.69) is 0 Å². The van der Waals surface area contributed by atoms with Crippen LogP contribution in [0.15, 0.2) is 152 Å². The van der Waals surface area contributed by atoms with Crippen LogP contribution in [0.3, 0.4) is 0 Å². The second-order valence-corrected chi connectivity index (χ2v) is 13.2. The van der Waals surface area contributed by atoms with Gasteiger partial charge in [0.15, 0.2) is 5.60 Å². The van der Waals surface area contributed by atoms with E-state index in [4.69, 9.17) is 33.2 Å². The van der Waals surface area contributed by atoms with Crippen LogP contribution >= 0.6 is 0 Å². The van der Waals surface area contributed by atoms with Gasteiger partial charge in [0.25, 0.3) is 0 Å². The molecule has 5 aromatic rings. The van der Waals surface area contributed by atoms with Crippen molar-refractivity contribution in [2.45, 2.75) is 69.5 Å². The van der Waals surface area contributed by atoms with Gasteiger partial charge in [-0.2, -0.15) is 0 Å². The number of ether oxygens (including phenoxy) is 7. The number of methoxy groups -OCH3 is 1. The molecular formula is C45H46O9. The molecule has 5 atom stereocenters. The second-order valence-electron chi connectivity index (χ2n) is 13.2. The molecule has 0 heterocycles. The summed E-state index contributed by atoms with van der Waals surface area (Å²) in [6.45, 7) is 0.901. The van der Waals surface area contributed by atoms with Crippen molar-refractivity contribution in [1.29, 1.82) is 0 Å². The van der Waals surface area contributed by atoms with Crippen molar-refractivity contribution < 1.29 is 42.7 Å². The fourth-order valence-electron chi connectivity index (χ4n) is 6.61. The number of hydrogen-bond donors (Lipinski definition) is 0. The highest BCUT2D eigenvalue weighted by Crippen LogP contribution is 2.41. The van der Waals surface area contributed by atoms with E-state index in [9.17, 15) is 9.59 Å². The lowest BCUT2D eigenvalue weighted by Gasteiger charge is -2.51. The zero-order valence-corrected chi connectivity index (χ0v) is 30.4. The summed E-state index contributed by atoms with van der Waals surface area (Å²) in [5, 5.41) is 0. The molecule has 1 fully saturated rings. The molecule has 1 saturated carbocycles. The number of carbonyl (C=O) groups excluding carboxylic acids is 2. The monoisotopic (exact) mass is 730 g/mol. The first kappa shape index (κ1) is 38.6. The Hall–Kier alpha value is -5.16. The minimum absolute atomic E-state index is 0.0570. The number of esters is 2. The lowest BCUT2D eigenvalue weighted by molar-refractivity contribution is -0.285. The molecule has 0 unspecified atom stereocenters. The van der Waals surface area contributed by atoms with Crippen molar-refractivity contribution in [2.75, 3.05) is 13.7 Å². The van der Waals surface area contributed by atoms with Gasteiger partial charge in [-0.1, -0.05) is 152 Å². The smallest absolute Gasteiger partial charge is 0.418 e. The summed E-state index contributed by atoms with van der Waals surface area (Å²) in [5.41, 5.74) is 3.05. The van der Waals surface area contributed by atoms with Crippen LogP contribution in [0.25, 0.3) is 0 Å². The van der Waals surface area contributed by atoms with E-state index in [1.54, 1.807) is 0 Å². The van der Waals surface area contributed by atoms with Crippen LogP contribution in [0.2, 0.25) is 0 Å². The third-order valence-corrected chi connectivity index (χ3v) is 9.31. The number of benzene rings is 5. The first-order chi connectivity index (χ1) is 26.5. The average molecular weight is 731 g/mol. The van der Waals surface area contributed by atoms with Crippen LogP contribution in [0.5, 0.6) is 0 Å². The molecule has 1 aliphatic carbocycles. The van der Waals surface area contributed by atoms with Crippen molar-refractivity contribution in [1.82, 2.24) is 0 Å². The molecule has 0 radical (unpaired) electrons. The molecule has 0 bridgehead atoms. The molecule has 5 aromatic carbocycles. The highest BCUT2D eigenvalue weighted by atomic mass is 16.6. The quantitative estimate of drug-likeness (QED) is 0.0716. The fourth-order valence-corrected chi connectivity index (χ4v) is 6.61. The van der Waals surface area contributed by atoms with Gasteiger partial charge in [0.1, 0.15) is 18.3 Å². The molecule has 0 N–H and O–H groups in total. The maximum atomic E-state index is 13.5. The molecule has 54 heavy (non-hydrogen) atoms. The SMILES string of the molecule is COC(=O)C(=O)O[C@@]1(COCc2ccccc2)C[C@H](OCc2ccccc2)[C@@H](OCc2ccccc2)[C@H](OCc2ccccc2)[C@@H]1OCc1ccccc1. The summed E-state index contributed by atoms with van der Waals surface area (Å²) in [7, 11) is 1.14. The van der Waals surface area contributed by atoms with E-state index in [0.29, 0.717) is 0 Å². The van der Waals surface area contributed by atoms with Gasteiger partial charge in [0.05, 0.1) is 52.9 Å². The van der Waals surface area contributed by atoms with Crippen molar-refractivity contribution in [3.8, 4) is 0 Å². The Kier molecular flexibility index (Phi) is 14.1. The molecular weight excluding hydrogens is 684 g/mol.